The van der Waals surface area contributed by atoms with Crippen molar-refractivity contribution < 1.29 is 0 Å². The Kier molecular flexibility index (Phi) is 8.53. The summed E-state index contributed by atoms with van der Waals surface area (Å²) < 4.78 is 2.49. The number of aromatic nitrogens is 3. The molecule has 0 aliphatic rings. The highest BCUT2D eigenvalue weighted by molar-refractivity contribution is 6.30. The molecule has 0 aliphatic heterocycles. The first-order valence-corrected chi connectivity index (χ1v) is 22.2. The van der Waals surface area contributed by atoms with Gasteiger partial charge in [-0.15, -0.1) is 0 Å². The standard InChI is InChI=1S/C62H39N3/c1-3-16-40(17-4-1)41-30-32-42(33-31-41)45-21-15-22-46(38-45)61-53-28-13-14-29-55(53)63-62(64-61)52-35-37-56(50-26-11-9-24-48(50)52)65-57-36-34-44-20-7-8-23-47(44)59(57)60-51-27-12-10-25-49(51)54(39-58(60)65)43-18-5-2-6-19-43/h1-39H. The van der Waals surface area contributed by atoms with Crippen molar-refractivity contribution in [2.75, 3.05) is 0 Å². The fourth-order valence-corrected chi connectivity index (χ4v) is 10.2. The minimum absolute atomic E-state index is 0.699. The molecule has 13 aromatic rings. The van der Waals surface area contributed by atoms with Crippen molar-refractivity contribution in [3.8, 4) is 61.7 Å². The predicted molar refractivity (Wildman–Crippen MR) is 274 cm³/mol. The minimum Gasteiger partial charge on any atom is -0.309 e. The zero-order chi connectivity index (χ0) is 42.8. The Morgan fingerprint density at radius 1 is 0.292 bits per heavy atom. The molecule has 0 amide bonds. The van der Waals surface area contributed by atoms with Crippen molar-refractivity contribution in [1.82, 2.24) is 14.5 Å². The summed E-state index contributed by atoms with van der Waals surface area (Å²) in [6.45, 7) is 0. The van der Waals surface area contributed by atoms with Crippen molar-refractivity contribution >= 4 is 65.0 Å². The van der Waals surface area contributed by atoms with Gasteiger partial charge >= 0.3 is 0 Å². The number of nitrogens with zero attached hydrogens (tertiary/aromatic N) is 3. The van der Waals surface area contributed by atoms with E-state index in [9.17, 15) is 0 Å². The van der Waals surface area contributed by atoms with Crippen LogP contribution in [0.25, 0.3) is 127 Å². The maximum atomic E-state index is 5.47. The molecule has 302 valence electrons. The number of benzene rings is 11. The molecule has 0 unspecified atom stereocenters. The molecule has 13 rings (SSSR count). The Bertz CT molecular complexity index is 3980. The number of hydrogen-bond donors (Lipinski definition) is 0. The molecule has 0 fully saturated rings. The fourth-order valence-electron chi connectivity index (χ4n) is 10.2. The van der Waals surface area contributed by atoms with Gasteiger partial charge in [-0.05, 0) is 96.7 Å². The summed E-state index contributed by atoms with van der Waals surface area (Å²) in [5.74, 6) is 0.699. The third-order valence-corrected chi connectivity index (χ3v) is 13.2. The van der Waals surface area contributed by atoms with E-state index in [1.54, 1.807) is 0 Å². The zero-order valence-corrected chi connectivity index (χ0v) is 35.4. The summed E-state index contributed by atoms with van der Waals surface area (Å²) in [7, 11) is 0. The summed E-state index contributed by atoms with van der Waals surface area (Å²) in [6.07, 6.45) is 0. The smallest absolute Gasteiger partial charge is 0.161 e. The molecular weight excluding hydrogens is 787 g/mol. The fraction of sp³-hybridized carbons (Fsp3) is 0. The molecular formula is C62H39N3. The summed E-state index contributed by atoms with van der Waals surface area (Å²) in [5, 5.41) is 10.7. The molecule has 65 heavy (non-hydrogen) atoms. The van der Waals surface area contributed by atoms with Gasteiger partial charge in [0.1, 0.15) is 0 Å². The lowest BCUT2D eigenvalue weighted by Crippen LogP contribution is -1.99. The third-order valence-electron chi connectivity index (χ3n) is 13.2. The summed E-state index contributed by atoms with van der Waals surface area (Å²) in [4.78, 5) is 10.8. The second-order valence-corrected chi connectivity index (χ2v) is 16.9. The van der Waals surface area contributed by atoms with Crippen LogP contribution >= 0.6 is 0 Å². The van der Waals surface area contributed by atoms with Crippen molar-refractivity contribution in [2.45, 2.75) is 0 Å². The molecule has 11 aromatic carbocycles. The van der Waals surface area contributed by atoms with Crippen molar-refractivity contribution in [2.24, 2.45) is 0 Å². The van der Waals surface area contributed by atoms with Gasteiger partial charge in [0.15, 0.2) is 5.82 Å². The molecule has 2 aromatic heterocycles. The van der Waals surface area contributed by atoms with E-state index in [1.807, 2.05) is 0 Å². The van der Waals surface area contributed by atoms with E-state index in [2.05, 4.69) is 241 Å². The maximum absolute atomic E-state index is 5.47. The first kappa shape index (κ1) is 36.9. The topological polar surface area (TPSA) is 30.7 Å². The van der Waals surface area contributed by atoms with Crippen LogP contribution in [0, 0.1) is 0 Å². The highest BCUT2D eigenvalue weighted by Crippen LogP contribution is 2.45. The van der Waals surface area contributed by atoms with E-state index in [-0.39, 0.29) is 0 Å². The lowest BCUT2D eigenvalue weighted by atomic mass is 9.94. The molecule has 0 N–H and O–H groups in total. The average molecular weight is 826 g/mol. The Labute approximate surface area is 376 Å². The second-order valence-electron chi connectivity index (χ2n) is 16.9. The van der Waals surface area contributed by atoms with Crippen LogP contribution in [0.1, 0.15) is 0 Å². The summed E-state index contributed by atoms with van der Waals surface area (Å²) in [6, 6.07) is 85.2. The van der Waals surface area contributed by atoms with Crippen LogP contribution in [0.3, 0.4) is 0 Å². The molecule has 0 radical (unpaired) electrons. The SMILES string of the molecule is c1ccc(-c2ccc(-c3cccc(-c4nc(-c5ccc(-n6c7ccc8ccccc8c7c7c8ccccc8c(-c8ccccc8)cc76)c6ccccc56)nc5ccccc45)c3)cc2)cc1. The Hall–Kier alpha value is -8.66. The molecule has 0 bridgehead atoms. The summed E-state index contributed by atoms with van der Waals surface area (Å²) >= 11 is 0. The van der Waals surface area contributed by atoms with Gasteiger partial charge < -0.3 is 4.57 Å². The van der Waals surface area contributed by atoms with Crippen LogP contribution in [-0.4, -0.2) is 14.5 Å². The Morgan fingerprint density at radius 2 is 0.846 bits per heavy atom. The molecule has 0 atom stereocenters. The lowest BCUT2D eigenvalue weighted by Gasteiger charge is -2.16. The molecule has 2 heterocycles. The van der Waals surface area contributed by atoms with Crippen LogP contribution in [0.2, 0.25) is 0 Å². The molecule has 0 aliphatic carbocycles. The van der Waals surface area contributed by atoms with Crippen LogP contribution in [0.15, 0.2) is 237 Å². The molecule has 0 spiro atoms. The van der Waals surface area contributed by atoms with Crippen LogP contribution in [0.4, 0.5) is 0 Å². The molecule has 0 saturated heterocycles. The van der Waals surface area contributed by atoms with Gasteiger partial charge in [0, 0.05) is 32.7 Å². The highest BCUT2D eigenvalue weighted by Gasteiger charge is 2.22. The van der Waals surface area contributed by atoms with Gasteiger partial charge in [-0.25, -0.2) is 9.97 Å². The highest BCUT2D eigenvalue weighted by atomic mass is 15.0. The Morgan fingerprint density at radius 3 is 1.62 bits per heavy atom. The average Bonchev–Trinajstić information content (AvgIpc) is 3.73. The van der Waals surface area contributed by atoms with Gasteiger partial charge in [0.2, 0.25) is 0 Å². The number of fused-ring (bicyclic) bond motifs is 9. The number of rotatable bonds is 6. The molecule has 3 heteroatoms. The predicted octanol–water partition coefficient (Wildman–Crippen LogP) is 16.5. The monoisotopic (exact) mass is 825 g/mol. The van der Waals surface area contributed by atoms with Crippen molar-refractivity contribution in [1.29, 1.82) is 0 Å². The minimum atomic E-state index is 0.699. The molecule has 0 saturated carbocycles. The van der Waals surface area contributed by atoms with E-state index >= 15 is 0 Å². The number of hydrogen-bond acceptors (Lipinski definition) is 2. The van der Waals surface area contributed by atoms with Gasteiger partial charge in [-0.2, -0.15) is 0 Å². The molecule has 3 nitrogen and oxygen atoms in total. The van der Waals surface area contributed by atoms with Gasteiger partial charge in [-0.1, -0.05) is 200 Å². The Balaban J connectivity index is 1.02. The first-order valence-electron chi connectivity index (χ1n) is 22.2. The van der Waals surface area contributed by atoms with Crippen molar-refractivity contribution in [3.63, 3.8) is 0 Å². The van der Waals surface area contributed by atoms with Gasteiger partial charge in [-0.3, -0.25) is 0 Å². The first-order chi connectivity index (χ1) is 32.2. The van der Waals surface area contributed by atoms with E-state index in [4.69, 9.17) is 9.97 Å². The number of para-hydroxylation sites is 1. The third kappa shape index (κ3) is 6.05. The van der Waals surface area contributed by atoms with Crippen molar-refractivity contribution in [3.05, 3.63) is 237 Å². The van der Waals surface area contributed by atoms with Crippen LogP contribution in [0.5, 0.6) is 0 Å². The van der Waals surface area contributed by atoms with Crippen LogP contribution in [-0.2, 0) is 0 Å². The second kappa shape index (κ2) is 15.0. The van der Waals surface area contributed by atoms with E-state index in [1.165, 1.54) is 65.6 Å². The van der Waals surface area contributed by atoms with Crippen LogP contribution < -0.4 is 0 Å². The largest absolute Gasteiger partial charge is 0.309 e. The zero-order valence-electron chi connectivity index (χ0n) is 35.4. The lowest BCUT2D eigenvalue weighted by molar-refractivity contribution is 1.19. The van der Waals surface area contributed by atoms with E-state index < -0.39 is 0 Å². The van der Waals surface area contributed by atoms with Gasteiger partial charge in [0.25, 0.3) is 0 Å². The van der Waals surface area contributed by atoms with E-state index in [0.29, 0.717) is 5.82 Å². The quantitative estimate of drug-likeness (QED) is 0.167. The van der Waals surface area contributed by atoms with Gasteiger partial charge in [0.05, 0.1) is 27.9 Å². The maximum Gasteiger partial charge on any atom is 0.161 e. The normalized spacial score (nSPS) is 11.7. The van der Waals surface area contributed by atoms with E-state index in [0.717, 1.165) is 55.3 Å². The summed E-state index contributed by atoms with van der Waals surface area (Å²) in [5.41, 5.74) is 14.4.